The lowest BCUT2D eigenvalue weighted by molar-refractivity contribution is 0.620. The highest BCUT2D eigenvalue weighted by Gasteiger charge is 2.17. The maximum absolute atomic E-state index is 6.11. The van der Waals surface area contributed by atoms with Gasteiger partial charge in [-0.2, -0.15) is 0 Å². The first-order valence-electron chi connectivity index (χ1n) is 19.7. The van der Waals surface area contributed by atoms with Gasteiger partial charge >= 0.3 is 0 Å². The summed E-state index contributed by atoms with van der Waals surface area (Å²) < 4.78 is 12.2. The third kappa shape index (κ3) is 5.69. The van der Waals surface area contributed by atoms with E-state index in [1.165, 1.54) is 38.1 Å². The lowest BCUT2D eigenvalue weighted by Crippen LogP contribution is -2.10. The van der Waals surface area contributed by atoms with Crippen molar-refractivity contribution < 1.29 is 8.83 Å². The summed E-state index contributed by atoms with van der Waals surface area (Å²) in [5.41, 5.74) is 11.8. The fraction of sp³-hybridized carbons (Fsp3) is 0. The number of aromatic nitrogens is 3. The molecule has 3 aromatic heterocycles. The Morgan fingerprint density at radius 1 is 0.390 bits per heavy atom. The van der Waals surface area contributed by atoms with Gasteiger partial charge in [-0.05, 0) is 128 Å². The Morgan fingerprint density at radius 3 is 1.78 bits per heavy atom. The van der Waals surface area contributed by atoms with E-state index in [-0.39, 0.29) is 0 Å². The second-order valence-corrected chi connectivity index (χ2v) is 14.9. The molecule has 276 valence electrons. The van der Waals surface area contributed by atoms with Crippen LogP contribution >= 0.6 is 0 Å². The van der Waals surface area contributed by atoms with Crippen LogP contribution in [0.4, 0.5) is 17.1 Å². The number of fused-ring (bicyclic) bond motifs is 8. The third-order valence-electron chi connectivity index (χ3n) is 11.3. The van der Waals surface area contributed by atoms with Gasteiger partial charge in [-0.1, -0.05) is 103 Å². The summed E-state index contributed by atoms with van der Waals surface area (Å²) in [4.78, 5) is 16.6. The summed E-state index contributed by atoms with van der Waals surface area (Å²) in [7, 11) is 0. The van der Waals surface area contributed by atoms with Crippen LogP contribution in [0, 0.1) is 0 Å². The standard InChI is InChI=1S/C53H32N4O2/c1-2-8-36-29-37(14-13-33(36)7-1)38-21-27-44-39(30-38)15-16-40-31-43(26-28-45(40)44)57(42-24-19-35(20-25-42)52-55-47-10-4-6-12-50(47)59-52)41-22-17-34(18-23-41)48-32-54-51-46-9-3-5-11-49(46)58-53(51)56-48/h1-32H. The van der Waals surface area contributed by atoms with Gasteiger partial charge in [0.2, 0.25) is 11.6 Å². The van der Waals surface area contributed by atoms with Crippen molar-refractivity contribution in [3.8, 4) is 33.8 Å². The molecule has 0 aliphatic carbocycles. The van der Waals surface area contributed by atoms with Crippen LogP contribution < -0.4 is 4.90 Å². The molecule has 0 unspecified atom stereocenters. The Bertz CT molecular complexity index is 3540. The number of furan rings is 1. The molecule has 0 saturated heterocycles. The molecule has 59 heavy (non-hydrogen) atoms. The first-order valence-corrected chi connectivity index (χ1v) is 19.7. The van der Waals surface area contributed by atoms with Crippen molar-refractivity contribution in [2.24, 2.45) is 0 Å². The normalized spacial score (nSPS) is 11.7. The molecule has 0 atom stereocenters. The molecule has 0 aliphatic heterocycles. The Labute approximate surface area is 338 Å². The molecule has 6 heteroatoms. The molecule has 0 saturated carbocycles. The first-order chi connectivity index (χ1) is 29.2. The van der Waals surface area contributed by atoms with Crippen LogP contribution in [0.3, 0.4) is 0 Å². The van der Waals surface area contributed by atoms with Gasteiger partial charge in [0, 0.05) is 33.6 Å². The molecule has 9 aromatic carbocycles. The Hall–Kier alpha value is -8.09. The van der Waals surface area contributed by atoms with E-state index in [9.17, 15) is 0 Å². The van der Waals surface area contributed by atoms with Gasteiger partial charge in [0.25, 0.3) is 0 Å². The van der Waals surface area contributed by atoms with Gasteiger partial charge in [-0.15, -0.1) is 0 Å². The van der Waals surface area contributed by atoms with Crippen LogP contribution in [0.15, 0.2) is 203 Å². The number of hydrogen-bond donors (Lipinski definition) is 0. The molecule has 0 aliphatic rings. The van der Waals surface area contributed by atoms with Crippen molar-refractivity contribution in [3.63, 3.8) is 0 Å². The van der Waals surface area contributed by atoms with E-state index in [0.29, 0.717) is 11.6 Å². The van der Waals surface area contributed by atoms with Gasteiger partial charge in [0.15, 0.2) is 5.58 Å². The SMILES string of the molecule is c1ccc2cc(-c3ccc4c(ccc5cc(N(c6ccc(-c7cnc8c(n7)oc7ccccc78)cc6)c6ccc(-c7nc8ccccc8o7)cc6)ccc54)c3)ccc2c1. The largest absolute Gasteiger partial charge is 0.436 e. The molecule has 6 nitrogen and oxygen atoms in total. The molecule has 0 amide bonds. The van der Waals surface area contributed by atoms with E-state index < -0.39 is 0 Å². The van der Waals surface area contributed by atoms with Gasteiger partial charge < -0.3 is 13.7 Å². The van der Waals surface area contributed by atoms with Crippen molar-refractivity contribution in [2.45, 2.75) is 0 Å². The van der Waals surface area contributed by atoms with Gasteiger partial charge in [-0.25, -0.2) is 15.0 Å². The van der Waals surface area contributed by atoms with Crippen molar-refractivity contribution in [3.05, 3.63) is 194 Å². The van der Waals surface area contributed by atoms with Crippen LogP contribution in [0.2, 0.25) is 0 Å². The van der Waals surface area contributed by atoms with E-state index in [1.54, 1.807) is 0 Å². The summed E-state index contributed by atoms with van der Waals surface area (Å²) in [6, 6.07) is 65.8. The maximum Gasteiger partial charge on any atom is 0.246 e. The van der Waals surface area contributed by atoms with Crippen molar-refractivity contribution in [2.75, 3.05) is 4.90 Å². The van der Waals surface area contributed by atoms with Crippen molar-refractivity contribution in [1.29, 1.82) is 0 Å². The molecule has 3 heterocycles. The predicted octanol–water partition coefficient (Wildman–Crippen LogP) is 14.4. The minimum Gasteiger partial charge on any atom is -0.436 e. The second-order valence-electron chi connectivity index (χ2n) is 14.9. The second kappa shape index (κ2) is 13.3. The van der Waals surface area contributed by atoms with E-state index >= 15 is 0 Å². The van der Waals surface area contributed by atoms with Crippen LogP contribution in [0.5, 0.6) is 0 Å². The smallest absolute Gasteiger partial charge is 0.246 e. The lowest BCUT2D eigenvalue weighted by atomic mass is 9.96. The summed E-state index contributed by atoms with van der Waals surface area (Å²) in [6.45, 7) is 0. The minimum absolute atomic E-state index is 0.530. The zero-order valence-electron chi connectivity index (χ0n) is 31.6. The van der Waals surface area contributed by atoms with Crippen molar-refractivity contribution in [1.82, 2.24) is 15.0 Å². The summed E-state index contributed by atoms with van der Waals surface area (Å²) in [5, 5.41) is 8.25. The molecule has 0 N–H and O–H groups in total. The monoisotopic (exact) mass is 756 g/mol. The quantitative estimate of drug-likeness (QED) is 0.157. The number of rotatable bonds is 6. The Kier molecular flexibility index (Phi) is 7.43. The number of hydrogen-bond acceptors (Lipinski definition) is 6. The van der Waals surface area contributed by atoms with Crippen molar-refractivity contribution >= 4 is 82.7 Å². The van der Waals surface area contributed by atoms with Gasteiger partial charge in [-0.3, -0.25) is 0 Å². The fourth-order valence-corrected chi connectivity index (χ4v) is 8.35. The van der Waals surface area contributed by atoms with E-state index in [4.69, 9.17) is 23.8 Å². The molecule has 12 rings (SSSR count). The van der Waals surface area contributed by atoms with Crippen LogP contribution in [0.25, 0.3) is 99.5 Å². The highest BCUT2D eigenvalue weighted by atomic mass is 16.3. The molecule has 12 aromatic rings. The number of anilines is 3. The highest BCUT2D eigenvalue weighted by molar-refractivity contribution is 6.10. The van der Waals surface area contributed by atoms with E-state index in [1.807, 2.05) is 54.7 Å². The Balaban J connectivity index is 0.929. The molecule has 0 spiro atoms. The summed E-state index contributed by atoms with van der Waals surface area (Å²) in [5.74, 6) is 0.595. The Morgan fingerprint density at radius 2 is 0.983 bits per heavy atom. The highest BCUT2D eigenvalue weighted by Crippen LogP contribution is 2.40. The van der Waals surface area contributed by atoms with Crippen LogP contribution in [-0.4, -0.2) is 15.0 Å². The fourth-order valence-electron chi connectivity index (χ4n) is 8.35. The average molecular weight is 757 g/mol. The maximum atomic E-state index is 6.11. The molecular formula is C53H32N4O2. The minimum atomic E-state index is 0.530. The summed E-state index contributed by atoms with van der Waals surface area (Å²) in [6.07, 6.45) is 1.82. The zero-order valence-corrected chi connectivity index (χ0v) is 31.6. The van der Waals surface area contributed by atoms with Crippen LogP contribution in [0.1, 0.15) is 0 Å². The summed E-state index contributed by atoms with van der Waals surface area (Å²) >= 11 is 0. The zero-order chi connectivity index (χ0) is 38.9. The number of oxazole rings is 1. The molecular weight excluding hydrogens is 725 g/mol. The number of nitrogens with zero attached hydrogens (tertiary/aromatic N) is 4. The van der Waals surface area contributed by atoms with Gasteiger partial charge in [0.1, 0.15) is 16.6 Å². The topological polar surface area (TPSA) is 68.2 Å². The third-order valence-corrected chi connectivity index (χ3v) is 11.3. The lowest BCUT2D eigenvalue weighted by Gasteiger charge is -2.26. The predicted molar refractivity (Wildman–Crippen MR) is 240 cm³/mol. The van der Waals surface area contributed by atoms with E-state index in [2.05, 4.69) is 144 Å². The molecule has 0 bridgehead atoms. The average Bonchev–Trinajstić information content (AvgIpc) is 3.91. The van der Waals surface area contributed by atoms with Gasteiger partial charge in [0.05, 0.1) is 11.9 Å². The molecule has 0 fully saturated rings. The molecule has 0 radical (unpaired) electrons. The number of para-hydroxylation sites is 3. The number of benzene rings is 9. The van der Waals surface area contributed by atoms with Crippen LogP contribution in [-0.2, 0) is 0 Å². The first kappa shape index (κ1) is 33.1. The van der Waals surface area contributed by atoms with E-state index in [0.717, 1.165) is 66.9 Å².